The molecule has 4 rings (SSSR count). The summed E-state index contributed by atoms with van der Waals surface area (Å²) < 4.78 is 0. The van der Waals surface area contributed by atoms with Crippen molar-refractivity contribution < 1.29 is 4.79 Å². The first-order valence-corrected chi connectivity index (χ1v) is 8.66. The zero-order valence-corrected chi connectivity index (χ0v) is 14.4. The second kappa shape index (κ2) is 6.58. The lowest BCUT2D eigenvalue weighted by atomic mass is 10.1. The van der Waals surface area contributed by atoms with Crippen LogP contribution in [0.15, 0.2) is 60.7 Å². The fourth-order valence-electron chi connectivity index (χ4n) is 2.40. The van der Waals surface area contributed by atoms with Gasteiger partial charge in [0.05, 0.1) is 0 Å². The van der Waals surface area contributed by atoms with Crippen LogP contribution in [-0.4, -0.2) is 21.1 Å². The lowest BCUT2D eigenvalue weighted by Gasteiger charge is -2.04. The maximum atomic E-state index is 12.5. The number of amides is 1. The zero-order valence-electron chi connectivity index (χ0n) is 12.8. The molecule has 0 unspecified atom stereocenters. The normalized spacial score (nSPS) is 10.8. The third-order valence-corrected chi connectivity index (χ3v) is 4.77. The molecule has 5 nitrogen and oxygen atoms in total. The zero-order chi connectivity index (χ0) is 17.2. The molecule has 0 aliphatic rings. The Bertz CT molecular complexity index is 1070. The topological polar surface area (TPSA) is 67.8 Å². The number of nitrogens with one attached hydrogen (secondary N) is 1. The second-order valence-electron chi connectivity index (χ2n) is 5.25. The fraction of sp³-hybridized carbons (Fsp3) is 0. The maximum Gasteiger partial charge on any atom is 0.276 e. The Balaban J connectivity index is 1.59. The summed E-state index contributed by atoms with van der Waals surface area (Å²) in [4.78, 5) is 16.6. The summed E-state index contributed by atoms with van der Waals surface area (Å²) in [7, 11) is 0. The van der Waals surface area contributed by atoms with Crippen molar-refractivity contribution >= 4 is 44.7 Å². The van der Waals surface area contributed by atoms with E-state index in [1.807, 2.05) is 54.6 Å². The number of carbonyl (C=O) groups excluding carboxylic acids is 1. The van der Waals surface area contributed by atoms with Gasteiger partial charge in [0.25, 0.3) is 5.91 Å². The van der Waals surface area contributed by atoms with E-state index >= 15 is 0 Å². The molecule has 2 aromatic heterocycles. The van der Waals surface area contributed by atoms with Crippen molar-refractivity contribution in [1.82, 2.24) is 15.2 Å². The summed E-state index contributed by atoms with van der Waals surface area (Å²) in [6.45, 7) is 0. The van der Waals surface area contributed by atoms with Crippen LogP contribution in [0.25, 0.3) is 21.3 Å². The second-order valence-corrected chi connectivity index (χ2v) is 6.59. The van der Waals surface area contributed by atoms with Gasteiger partial charge in [-0.3, -0.25) is 10.1 Å². The monoisotopic (exact) mass is 366 g/mol. The molecule has 0 aliphatic carbocycles. The van der Waals surface area contributed by atoms with Crippen molar-refractivity contribution in [3.63, 3.8) is 0 Å². The van der Waals surface area contributed by atoms with Gasteiger partial charge in [-0.25, -0.2) is 4.98 Å². The molecular weight excluding hydrogens is 356 g/mol. The molecule has 0 atom stereocenters. The Kier molecular flexibility index (Phi) is 4.13. The highest BCUT2D eigenvalue weighted by atomic mass is 35.5. The van der Waals surface area contributed by atoms with E-state index in [-0.39, 0.29) is 11.6 Å². The molecule has 0 bridgehead atoms. The van der Waals surface area contributed by atoms with Crippen molar-refractivity contribution in [3.8, 4) is 10.6 Å². The number of anilines is 1. The molecule has 0 saturated carbocycles. The van der Waals surface area contributed by atoms with Crippen LogP contribution in [0.3, 0.4) is 0 Å². The number of pyridine rings is 1. The first-order chi connectivity index (χ1) is 12.2. The summed E-state index contributed by atoms with van der Waals surface area (Å²) in [6.07, 6.45) is 0. The Morgan fingerprint density at radius 1 is 1.00 bits per heavy atom. The number of carbonyl (C=O) groups is 1. The van der Waals surface area contributed by atoms with Crippen molar-refractivity contribution in [2.75, 3.05) is 5.32 Å². The highest BCUT2D eigenvalue weighted by Crippen LogP contribution is 2.27. The van der Waals surface area contributed by atoms with Crippen LogP contribution in [-0.2, 0) is 0 Å². The molecule has 2 aromatic carbocycles. The smallest absolute Gasteiger partial charge is 0.276 e. The number of halogens is 1. The molecule has 25 heavy (non-hydrogen) atoms. The summed E-state index contributed by atoms with van der Waals surface area (Å²) >= 11 is 7.48. The number of hydrogen-bond acceptors (Lipinski definition) is 5. The minimum absolute atomic E-state index is 0.236. The molecule has 0 fully saturated rings. The molecule has 0 radical (unpaired) electrons. The number of nitrogens with zero attached hydrogens (tertiary/aromatic N) is 3. The quantitative estimate of drug-likeness (QED) is 0.535. The largest absolute Gasteiger partial charge is 0.295 e. The van der Waals surface area contributed by atoms with Gasteiger partial charge in [0.1, 0.15) is 15.9 Å². The van der Waals surface area contributed by atoms with E-state index in [0.717, 1.165) is 21.3 Å². The Morgan fingerprint density at radius 3 is 2.60 bits per heavy atom. The summed E-state index contributed by atoms with van der Waals surface area (Å²) in [5.74, 6) is -0.372. The highest BCUT2D eigenvalue weighted by Gasteiger charge is 2.14. The fourth-order valence-corrected chi connectivity index (χ4v) is 3.41. The van der Waals surface area contributed by atoms with E-state index in [9.17, 15) is 4.79 Å². The van der Waals surface area contributed by atoms with E-state index in [1.165, 1.54) is 11.3 Å². The molecule has 122 valence electrons. The SMILES string of the molecule is O=C(Nc1nnc(-c2ccccc2)s1)c1cc2ccccc2c(Cl)n1. The third kappa shape index (κ3) is 3.22. The Morgan fingerprint density at radius 2 is 1.76 bits per heavy atom. The number of fused-ring (bicyclic) bond motifs is 1. The van der Waals surface area contributed by atoms with Gasteiger partial charge in [0, 0.05) is 10.9 Å². The van der Waals surface area contributed by atoms with Gasteiger partial charge in [-0.1, -0.05) is 77.5 Å². The standard InChI is InChI=1S/C18H11ClN4OS/c19-15-13-9-5-4-8-12(13)10-14(20-15)16(24)21-18-23-22-17(25-18)11-6-2-1-3-7-11/h1-10H,(H,21,23,24). The third-order valence-electron chi connectivity index (χ3n) is 3.59. The predicted octanol–water partition coefficient (Wildman–Crippen LogP) is 4.66. The number of rotatable bonds is 3. The predicted molar refractivity (Wildman–Crippen MR) is 100 cm³/mol. The van der Waals surface area contributed by atoms with Gasteiger partial charge in [-0.05, 0) is 11.5 Å². The van der Waals surface area contributed by atoms with Gasteiger partial charge in [-0.15, -0.1) is 10.2 Å². The highest BCUT2D eigenvalue weighted by molar-refractivity contribution is 7.18. The van der Waals surface area contributed by atoms with E-state index < -0.39 is 0 Å². The van der Waals surface area contributed by atoms with Crippen molar-refractivity contribution in [3.05, 3.63) is 71.5 Å². The minimum Gasteiger partial charge on any atom is -0.295 e. The number of benzene rings is 2. The molecule has 1 amide bonds. The van der Waals surface area contributed by atoms with Gasteiger partial charge in [0.2, 0.25) is 5.13 Å². The van der Waals surface area contributed by atoms with E-state index in [4.69, 9.17) is 11.6 Å². The lowest BCUT2D eigenvalue weighted by Crippen LogP contribution is -2.13. The van der Waals surface area contributed by atoms with Crippen LogP contribution in [0.2, 0.25) is 5.15 Å². The molecule has 0 saturated heterocycles. The first-order valence-electron chi connectivity index (χ1n) is 7.46. The molecule has 2 heterocycles. The van der Waals surface area contributed by atoms with Crippen LogP contribution in [0.1, 0.15) is 10.5 Å². The van der Waals surface area contributed by atoms with Crippen molar-refractivity contribution in [1.29, 1.82) is 0 Å². The molecule has 4 aromatic rings. The van der Waals surface area contributed by atoms with Crippen LogP contribution in [0, 0.1) is 0 Å². The number of hydrogen-bond donors (Lipinski definition) is 1. The molecule has 0 spiro atoms. The van der Waals surface area contributed by atoms with Gasteiger partial charge in [-0.2, -0.15) is 0 Å². The van der Waals surface area contributed by atoms with Crippen LogP contribution in [0.4, 0.5) is 5.13 Å². The van der Waals surface area contributed by atoms with Crippen molar-refractivity contribution in [2.24, 2.45) is 0 Å². The number of aromatic nitrogens is 3. The minimum atomic E-state index is -0.372. The first kappa shape index (κ1) is 15.7. The average Bonchev–Trinajstić information content (AvgIpc) is 3.11. The maximum absolute atomic E-state index is 12.5. The van der Waals surface area contributed by atoms with Gasteiger partial charge < -0.3 is 0 Å². The summed E-state index contributed by atoms with van der Waals surface area (Å²) in [6, 6.07) is 18.9. The van der Waals surface area contributed by atoms with Gasteiger partial charge in [0.15, 0.2) is 0 Å². The molecule has 0 aliphatic heterocycles. The van der Waals surface area contributed by atoms with E-state index in [2.05, 4.69) is 20.5 Å². The van der Waals surface area contributed by atoms with Crippen LogP contribution in [0.5, 0.6) is 0 Å². The van der Waals surface area contributed by atoms with Gasteiger partial charge >= 0.3 is 0 Å². The lowest BCUT2D eigenvalue weighted by molar-refractivity contribution is 0.102. The van der Waals surface area contributed by atoms with E-state index in [1.54, 1.807) is 6.07 Å². The Hall–Kier alpha value is -2.83. The van der Waals surface area contributed by atoms with E-state index in [0.29, 0.717) is 10.3 Å². The Labute approximate surface area is 152 Å². The van der Waals surface area contributed by atoms with Crippen LogP contribution < -0.4 is 5.32 Å². The summed E-state index contributed by atoms with van der Waals surface area (Å²) in [5, 5.41) is 14.0. The van der Waals surface area contributed by atoms with Crippen molar-refractivity contribution in [2.45, 2.75) is 0 Å². The molecular formula is C18H11ClN4OS. The molecule has 1 N–H and O–H groups in total. The average molecular weight is 367 g/mol. The summed E-state index contributed by atoms with van der Waals surface area (Å²) in [5.41, 5.74) is 1.19. The van der Waals surface area contributed by atoms with Crippen LogP contribution >= 0.6 is 22.9 Å². The molecule has 7 heteroatoms.